The second-order valence-electron chi connectivity index (χ2n) is 11.4. The summed E-state index contributed by atoms with van der Waals surface area (Å²) in [6.07, 6.45) is 12.1. The van der Waals surface area contributed by atoms with Gasteiger partial charge in [0.1, 0.15) is 0 Å². The molecule has 0 atom stereocenters. The molecule has 1 aliphatic heterocycles. The number of hydrogen-bond acceptors (Lipinski definition) is 4. The van der Waals surface area contributed by atoms with E-state index in [1.54, 1.807) is 0 Å². The van der Waals surface area contributed by atoms with Crippen molar-refractivity contribution in [2.75, 3.05) is 13.1 Å². The van der Waals surface area contributed by atoms with Gasteiger partial charge in [-0.3, -0.25) is 14.5 Å². The van der Waals surface area contributed by atoms with Gasteiger partial charge in [-0.2, -0.15) is 15.3 Å². The normalized spacial score (nSPS) is 18.3. The minimum atomic E-state index is 0.364. The van der Waals surface area contributed by atoms with Gasteiger partial charge in [-0.15, -0.1) is 0 Å². The van der Waals surface area contributed by atoms with Gasteiger partial charge in [-0.1, -0.05) is 24.8 Å². The Morgan fingerprint density at radius 3 is 2.74 bits per heavy atom. The van der Waals surface area contributed by atoms with Crippen molar-refractivity contribution < 1.29 is 0 Å². The monoisotopic (exact) mass is 525 g/mol. The smallest absolute Gasteiger partial charge is 0.0965 e. The largest absolute Gasteiger partial charge is 0.371 e. The molecule has 8 heteroatoms. The Morgan fingerprint density at radius 1 is 1.18 bits per heavy atom. The molecule has 0 amide bonds. The fourth-order valence-electron chi connectivity index (χ4n) is 6.92. The summed E-state index contributed by atoms with van der Waals surface area (Å²) in [5.41, 5.74) is 11.4. The van der Waals surface area contributed by atoms with Crippen molar-refractivity contribution >= 4 is 34.2 Å². The maximum Gasteiger partial charge on any atom is 0.0965 e. The van der Waals surface area contributed by atoms with Gasteiger partial charge in [0.15, 0.2) is 0 Å². The van der Waals surface area contributed by atoms with Crippen LogP contribution in [0.2, 0.25) is 5.02 Å². The zero-order chi connectivity index (χ0) is 26.3. The molecule has 1 saturated carbocycles. The number of nitrogens with zero attached hydrogens (tertiary/aromatic N) is 6. The summed E-state index contributed by atoms with van der Waals surface area (Å²) in [5, 5.41) is 19.1. The minimum absolute atomic E-state index is 0.364. The van der Waals surface area contributed by atoms with E-state index in [1.165, 1.54) is 22.5 Å². The van der Waals surface area contributed by atoms with Gasteiger partial charge in [0.2, 0.25) is 0 Å². The van der Waals surface area contributed by atoms with Crippen LogP contribution in [0.5, 0.6) is 0 Å². The van der Waals surface area contributed by atoms with E-state index in [4.69, 9.17) is 16.7 Å². The number of halogens is 1. The first kappa shape index (κ1) is 23.5. The summed E-state index contributed by atoms with van der Waals surface area (Å²) < 4.78 is 4.27. The van der Waals surface area contributed by atoms with Gasteiger partial charge in [0.05, 0.1) is 34.7 Å². The van der Waals surface area contributed by atoms with E-state index in [2.05, 4.69) is 64.0 Å². The van der Waals surface area contributed by atoms with E-state index >= 15 is 0 Å². The van der Waals surface area contributed by atoms with Crippen LogP contribution in [0.1, 0.15) is 53.5 Å². The third-order valence-corrected chi connectivity index (χ3v) is 9.49. The van der Waals surface area contributed by atoms with Crippen molar-refractivity contribution in [1.82, 2.24) is 34.7 Å². The van der Waals surface area contributed by atoms with Gasteiger partial charge in [0, 0.05) is 64.7 Å². The Kier molecular flexibility index (Phi) is 5.08. The van der Waals surface area contributed by atoms with Crippen LogP contribution < -0.4 is 0 Å². The summed E-state index contributed by atoms with van der Waals surface area (Å²) in [7, 11) is 2.02. The lowest BCUT2D eigenvalue weighted by Gasteiger charge is -2.60. The number of likely N-dealkylation sites (tertiary alicyclic amines) is 1. The molecule has 7 nitrogen and oxygen atoms in total. The topological polar surface area (TPSA) is 67.6 Å². The number of aromatic nitrogens is 6. The SMILES string of the molecule is C=CC(=C)N1CC2(CC(n3nc(C4=Cc5cnn(C)c5CC4)c(-c4c(Cl)c(C)cc5[nH]ncc45)c3C)C2)C1. The molecule has 7 rings (SSSR count). The van der Waals surface area contributed by atoms with Crippen LogP contribution >= 0.6 is 11.6 Å². The number of H-pyrrole nitrogens is 1. The molecule has 1 spiro atoms. The second-order valence-corrected chi connectivity index (χ2v) is 11.8. The number of hydrogen-bond donors (Lipinski definition) is 1. The predicted octanol–water partition coefficient (Wildman–Crippen LogP) is 6.25. The summed E-state index contributed by atoms with van der Waals surface area (Å²) in [6, 6.07) is 2.45. The number of rotatable bonds is 5. The molecule has 0 bridgehead atoms. The first-order valence-corrected chi connectivity index (χ1v) is 13.7. The molecular formula is C30H32ClN7. The molecule has 0 radical (unpaired) electrons. The highest BCUT2D eigenvalue weighted by Gasteiger charge is 2.53. The summed E-state index contributed by atoms with van der Waals surface area (Å²) in [4.78, 5) is 2.33. The molecule has 4 aromatic rings. The average molecular weight is 526 g/mol. The number of aryl methyl sites for hydroxylation is 2. The number of fused-ring (bicyclic) bond motifs is 2. The zero-order valence-corrected chi connectivity index (χ0v) is 22.9. The average Bonchev–Trinajstić information content (AvgIpc) is 3.56. The number of benzene rings is 1. The van der Waals surface area contributed by atoms with Gasteiger partial charge in [-0.25, -0.2) is 0 Å². The highest BCUT2D eigenvalue weighted by atomic mass is 35.5. The van der Waals surface area contributed by atoms with Crippen LogP contribution in [0.3, 0.4) is 0 Å². The highest BCUT2D eigenvalue weighted by Crippen LogP contribution is 2.56. The summed E-state index contributed by atoms with van der Waals surface area (Å²) in [6.45, 7) is 14.4. The lowest BCUT2D eigenvalue weighted by Crippen LogP contribution is -2.61. The van der Waals surface area contributed by atoms with Gasteiger partial charge >= 0.3 is 0 Å². The molecule has 194 valence electrons. The molecule has 0 unspecified atom stereocenters. The van der Waals surface area contributed by atoms with E-state index in [0.717, 1.165) is 82.8 Å². The van der Waals surface area contributed by atoms with Crippen molar-refractivity contribution in [3.8, 4) is 11.1 Å². The van der Waals surface area contributed by atoms with Crippen LogP contribution in [0.25, 0.3) is 33.7 Å². The van der Waals surface area contributed by atoms with Gasteiger partial charge in [0.25, 0.3) is 0 Å². The van der Waals surface area contributed by atoms with Crippen LogP contribution in [-0.4, -0.2) is 47.7 Å². The molecule has 2 aliphatic carbocycles. The van der Waals surface area contributed by atoms with E-state index < -0.39 is 0 Å². The van der Waals surface area contributed by atoms with Crippen LogP contribution in [0.4, 0.5) is 0 Å². The Bertz CT molecular complexity index is 1670. The lowest BCUT2D eigenvalue weighted by molar-refractivity contribution is -0.0727. The van der Waals surface area contributed by atoms with Crippen molar-refractivity contribution in [2.24, 2.45) is 12.5 Å². The maximum absolute atomic E-state index is 7.07. The minimum Gasteiger partial charge on any atom is -0.371 e. The van der Waals surface area contributed by atoms with Gasteiger partial charge in [-0.05, 0) is 68.9 Å². The molecule has 1 aromatic carbocycles. The number of nitrogens with one attached hydrogen (secondary N) is 1. The van der Waals surface area contributed by atoms with Crippen molar-refractivity contribution in [1.29, 1.82) is 0 Å². The molecule has 1 N–H and O–H groups in total. The van der Waals surface area contributed by atoms with E-state index in [0.29, 0.717) is 11.5 Å². The predicted molar refractivity (Wildman–Crippen MR) is 153 cm³/mol. The highest BCUT2D eigenvalue weighted by molar-refractivity contribution is 6.36. The molecule has 4 heterocycles. The fourth-order valence-corrected chi connectivity index (χ4v) is 7.17. The Balaban J connectivity index is 1.34. The summed E-state index contributed by atoms with van der Waals surface area (Å²) >= 11 is 7.07. The fraction of sp³-hybridized carbons (Fsp3) is 0.367. The first-order chi connectivity index (χ1) is 18.3. The zero-order valence-electron chi connectivity index (χ0n) is 22.2. The number of aromatic amines is 1. The van der Waals surface area contributed by atoms with Crippen molar-refractivity contribution in [3.63, 3.8) is 0 Å². The standard InChI is InChI=1S/C30H32ClN7/c1-6-18(3)37-15-30(16-37)11-22(12-30)38-19(4)26(27-23-14-32-34-24(23)9-17(2)28(27)31)29(35-38)20-7-8-25-21(10-20)13-33-36(25)5/h6,9-10,13-14,22H,1,3,7-8,11-12,15-16H2,2,4-5H3,(H,32,34). The molecule has 3 aromatic heterocycles. The van der Waals surface area contributed by atoms with Crippen LogP contribution in [0, 0.1) is 19.3 Å². The molecule has 38 heavy (non-hydrogen) atoms. The van der Waals surface area contributed by atoms with Crippen molar-refractivity contribution in [3.05, 3.63) is 76.6 Å². The Morgan fingerprint density at radius 2 is 1.97 bits per heavy atom. The van der Waals surface area contributed by atoms with E-state index in [9.17, 15) is 0 Å². The summed E-state index contributed by atoms with van der Waals surface area (Å²) in [5.74, 6) is 0. The molecular weight excluding hydrogens is 494 g/mol. The Labute approximate surface area is 227 Å². The lowest BCUT2D eigenvalue weighted by atomic mass is 9.60. The third kappa shape index (κ3) is 3.30. The quantitative estimate of drug-likeness (QED) is 0.312. The first-order valence-electron chi connectivity index (χ1n) is 13.3. The van der Waals surface area contributed by atoms with Crippen LogP contribution in [0.15, 0.2) is 43.4 Å². The van der Waals surface area contributed by atoms with Crippen LogP contribution in [-0.2, 0) is 13.5 Å². The van der Waals surface area contributed by atoms with E-state index in [1.807, 2.05) is 30.2 Å². The maximum atomic E-state index is 7.07. The van der Waals surface area contributed by atoms with Crippen molar-refractivity contribution in [2.45, 2.75) is 45.6 Å². The Hall–Kier alpha value is -3.58. The molecule has 1 saturated heterocycles. The molecule has 2 fully saturated rings. The second kappa shape index (κ2) is 8.21. The van der Waals surface area contributed by atoms with E-state index in [-0.39, 0.29) is 0 Å². The third-order valence-electron chi connectivity index (χ3n) is 9.00. The van der Waals surface area contributed by atoms with Gasteiger partial charge < -0.3 is 4.90 Å². The molecule has 3 aliphatic rings. The number of allylic oxidation sites excluding steroid dienone is 2.